The molecule has 5 nitrogen and oxygen atoms in total. The van der Waals surface area contributed by atoms with Crippen molar-refractivity contribution in [2.45, 2.75) is 42.4 Å². The normalized spacial score (nSPS) is 23.5. The minimum absolute atomic E-state index is 0.0550. The van der Waals surface area contributed by atoms with Crippen molar-refractivity contribution in [1.29, 1.82) is 0 Å². The Labute approximate surface area is 141 Å². The molecule has 0 unspecified atom stereocenters. The molecule has 126 valence electrons. The van der Waals surface area contributed by atoms with E-state index in [1.165, 1.54) is 0 Å². The maximum absolute atomic E-state index is 12.9. The van der Waals surface area contributed by atoms with Crippen molar-refractivity contribution in [1.82, 2.24) is 4.31 Å². The number of anilines is 1. The molecule has 0 saturated carbocycles. The Morgan fingerprint density at radius 1 is 1.17 bits per heavy atom. The fourth-order valence-electron chi connectivity index (χ4n) is 2.87. The number of carbonyl (C=O) groups excluding carboxylic acids is 1. The third kappa shape index (κ3) is 3.56. The molecule has 1 saturated heterocycles. The molecular weight excluding hydrogens is 332 g/mol. The summed E-state index contributed by atoms with van der Waals surface area (Å²) in [5, 5.41) is 2.86. The van der Waals surface area contributed by atoms with Gasteiger partial charge >= 0.3 is 0 Å². The van der Waals surface area contributed by atoms with Crippen LogP contribution in [-0.2, 0) is 14.8 Å². The second-order valence-corrected chi connectivity index (χ2v) is 9.18. The molecule has 0 spiro atoms. The third-order valence-corrected chi connectivity index (χ3v) is 7.58. The monoisotopic (exact) mass is 354 g/mol. The van der Waals surface area contributed by atoms with Gasteiger partial charge in [-0.2, -0.15) is 4.31 Å². The van der Waals surface area contributed by atoms with E-state index in [-0.39, 0.29) is 16.7 Å². The molecule has 0 radical (unpaired) electrons. The molecule has 1 atom stereocenters. The lowest BCUT2D eigenvalue weighted by atomic mass is 10.2. The van der Waals surface area contributed by atoms with E-state index in [1.807, 2.05) is 13.0 Å². The number of nitrogens with zero attached hydrogens (tertiary/aromatic N) is 1. The van der Waals surface area contributed by atoms with Crippen LogP contribution in [-0.4, -0.2) is 37.5 Å². The van der Waals surface area contributed by atoms with Gasteiger partial charge < -0.3 is 5.32 Å². The van der Waals surface area contributed by atoms with Crippen LogP contribution in [0.2, 0.25) is 0 Å². The summed E-state index contributed by atoms with van der Waals surface area (Å²) in [5.74, 6) is 0.565. The maximum Gasteiger partial charge on any atom is 0.243 e. The number of hydrogen-bond donors (Lipinski definition) is 1. The number of sulfonamides is 1. The van der Waals surface area contributed by atoms with Gasteiger partial charge in [-0.1, -0.05) is 19.8 Å². The van der Waals surface area contributed by atoms with E-state index < -0.39 is 10.0 Å². The van der Waals surface area contributed by atoms with Gasteiger partial charge in [0.2, 0.25) is 15.9 Å². The average Bonchev–Trinajstić information content (AvgIpc) is 2.88. The van der Waals surface area contributed by atoms with Crippen molar-refractivity contribution in [2.24, 2.45) is 5.92 Å². The number of fused-ring (bicyclic) bond motifs is 1. The molecule has 3 rings (SSSR count). The smallest absolute Gasteiger partial charge is 0.243 e. The van der Waals surface area contributed by atoms with Gasteiger partial charge in [0.05, 0.1) is 10.6 Å². The standard InChI is InChI=1S/C16H22N2O3S2/c1-12-11-22-15-7-6-13(10-14(15)17-16(12)19)23(20,21)18-8-4-2-3-5-9-18/h6-7,10,12H,2-5,8-9,11H2,1H3,(H,17,19)/t12-/m1/s1. The van der Waals surface area contributed by atoms with E-state index in [0.717, 1.165) is 30.6 Å². The first-order chi connectivity index (χ1) is 11.0. The van der Waals surface area contributed by atoms with Gasteiger partial charge in [0.1, 0.15) is 0 Å². The Kier molecular flexibility index (Phi) is 4.98. The predicted molar refractivity (Wildman–Crippen MR) is 92.2 cm³/mol. The lowest BCUT2D eigenvalue weighted by molar-refractivity contribution is -0.118. The highest BCUT2D eigenvalue weighted by atomic mass is 32.2. The Balaban J connectivity index is 1.91. The molecule has 0 aliphatic carbocycles. The Bertz CT molecular complexity index is 695. The molecule has 0 aromatic heterocycles. The van der Waals surface area contributed by atoms with Gasteiger partial charge in [-0.3, -0.25) is 4.79 Å². The molecule has 2 heterocycles. The Hall–Kier alpha value is -1.05. The number of benzene rings is 1. The molecule has 1 N–H and O–H groups in total. The first kappa shape index (κ1) is 16.8. The summed E-state index contributed by atoms with van der Waals surface area (Å²) in [6.07, 6.45) is 3.99. The van der Waals surface area contributed by atoms with E-state index in [4.69, 9.17) is 0 Å². The zero-order valence-corrected chi connectivity index (χ0v) is 14.9. The van der Waals surface area contributed by atoms with Crippen LogP contribution in [0.15, 0.2) is 28.0 Å². The highest BCUT2D eigenvalue weighted by molar-refractivity contribution is 7.99. The van der Waals surface area contributed by atoms with E-state index >= 15 is 0 Å². The summed E-state index contributed by atoms with van der Waals surface area (Å²) in [6, 6.07) is 5.08. The topological polar surface area (TPSA) is 66.5 Å². The molecule has 1 aromatic carbocycles. The van der Waals surface area contributed by atoms with Crippen LogP contribution in [0.4, 0.5) is 5.69 Å². The second-order valence-electron chi connectivity index (χ2n) is 6.18. The molecular formula is C16H22N2O3S2. The summed E-state index contributed by atoms with van der Waals surface area (Å²) in [4.78, 5) is 13.2. The summed E-state index contributed by atoms with van der Waals surface area (Å²) >= 11 is 1.59. The molecule has 2 aliphatic heterocycles. The van der Waals surface area contributed by atoms with Gasteiger partial charge in [0.25, 0.3) is 0 Å². The van der Waals surface area contributed by atoms with Crippen LogP contribution < -0.4 is 5.32 Å². The summed E-state index contributed by atoms with van der Waals surface area (Å²) < 4.78 is 27.3. The van der Waals surface area contributed by atoms with E-state index in [9.17, 15) is 13.2 Å². The largest absolute Gasteiger partial charge is 0.325 e. The van der Waals surface area contributed by atoms with Crippen molar-refractivity contribution in [3.8, 4) is 0 Å². The molecule has 1 amide bonds. The molecule has 1 aromatic rings. The fourth-order valence-corrected chi connectivity index (χ4v) is 5.43. The van der Waals surface area contributed by atoms with Crippen molar-refractivity contribution < 1.29 is 13.2 Å². The van der Waals surface area contributed by atoms with Crippen molar-refractivity contribution in [3.05, 3.63) is 18.2 Å². The zero-order valence-electron chi connectivity index (χ0n) is 13.2. The predicted octanol–water partition coefficient (Wildman–Crippen LogP) is 2.93. The van der Waals surface area contributed by atoms with E-state index in [0.29, 0.717) is 24.5 Å². The zero-order chi connectivity index (χ0) is 16.4. The van der Waals surface area contributed by atoms with Crippen LogP contribution in [0.3, 0.4) is 0 Å². The Morgan fingerprint density at radius 3 is 2.57 bits per heavy atom. The van der Waals surface area contributed by atoms with Gasteiger partial charge in [-0.05, 0) is 31.0 Å². The summed E-state index contributed by atoms with van der Waals surface area (Å²) in [6.45, 7) is 3.04. The third-order valence-electron chi connectivity index (χ3n) is 4.35. The Morgan fingerprint density at radius 2 is 1.87 bits per heavy atom. The number of thioether (sulfide) groups is 1. The molecule has 23 heavy (non-hydrogen) atoms. The molecule has 7 heteroatoms. The lowest BCUT2D eigenvalue weighted by Crippen LogP contribution is -2.32. The first-order valence-electron chi connectivity index (χ1n) is 8.06. The maximum atomic E-state index is 12.9. The highest BCUT2D eigenvalue weighted by Gasteiger charge is 2.27. The van der Waals surface area contributed by atoms with Gasteiger partial charge in [0.15, 0.2) is 0 Å². The van der Waals surface area contributed by atoms with Crippen LogP contribution >= 0.6 is 11.8 Å². The van der Waals surface area contributed by atoms with Crippen molar-refractivity contribution in [2.75, 3.05) is 24.2 Å². The van der Waals surface area contributed by atoms with Crippen molar-refractivity contribution >= 4 is 33.4 Å². The minimum atomic E-state index is -3.49. The van der Waals surface area contributed by atoms with E-state index in [1.54, 1.807) is 28.2 Å². The summed E-state index contributed by atoms with van der Waals surface area (Å²) in [7, 11) is -3.49. The van der Waals surface area contributed by atoms with Crippen LogP contribution in [0.25, 0.3) is 0 Å². The highest BCUT2D eigenvalue weighted by Crippen LogP contribution is 2.35. The quantitative estimate of drug-likeness (QED) is 0.887. The number of amides is 1. The minimum Gasteiger partial charge on any atom is -0.325 e. The average molecular weight is 354 g/mol. The van der Waals surface area contributed by atoms with Crippen LogP contribution in [0.5, 0.6) is 0 Å². The van der Waals surface area contributed by atoms with Gasteiger partial charge in [-0.25, -0.2) is 8.42 Å². The number of hydrogen-bond acceptors (Lipinski definition) is 4. The van der Waals surface area contributed by atoms with Crippen LogP contribution in [0.1, 0.15) is 32.6 Å². The van der Waals surface area contributed by atoms with Gasteiger partial charge in [0, 0.05) is 29.7 Å². The number of nitrogens with one attached hydrogen (secondary N) is 1. The molecule has 0 bridgehead atoms. The SMILES string of the molecule is C[C@@H]1CSc2ccc(S(=O)(=O)N3CCCCCC3)cc2NC1=O. The molecule has 2 aliphatic rings. The molecule has 1 fully saturated rings. The second kappa shape index (κ2) is 6.83. The van der Waals surface area contributed by atoms with Gasteiger partial charge in [-0.15, -0.1) is 11.8 Å². The fraction of sp³-hybridized carbons (Fsp3) is 0.562. The number of carbonyl (C=O) groups is 1. The summed E-state index contributed by atoms with van der Waals surface area (Å²) in [5.41, 5.74) is 0.611. The van der Waals surface area contributed by atoms with Crippen LogP contribution in [0, 0.1) is 5.92 Å². The van der Waals surface area contributed by atoms with E-state index in [2.05, 4.69) is 5.32 Å². The van der Waals surface area contributed by atoms with Crippen molar-refractivity contribution in [3.63, 3.8) is 0 Å². The lowest BCUT2D eigenvalue weighted by Gasteiger charge is -2.20. The number of rotatable bonds is 2. The first-order valence-corrected chi connectivity index (χ1v) is 10.5.